The number of amides is 1. The minimum absolute atomic E-state index is 0.0702. The van der Waals surface area contributed by atoms with Gasteiger partial charge in [-0.1, -0.05) is 66.8 Å². The van der Waals surface area contributed by atoms with Crippen LogP contribution in [0.2, 0.25) is 0 Å². The number of hydrogen-bond donors (Lipinski definition) is 1. The van der Waals surface area contributed by atoms with Crippen LogP contribution in [0, 0.1) is 6.92 Å². The number of benzene rings is 2. The predicted molar refractivity (Wildman–Crippen MR) is 103 cm³/mol. The van der Waals surface area contributed by atoms with Gasteiger partial charge in [0.15, 0.2) is 6.61 Å². The minimum atomic E-state index is -0.296. The summed E-state index contributed by atoms with van der Waals surface area (Å²) in [5.74, 6) is 0.403. The SMILES string of the molecule is CC(C=CC=Cc1ccccc1)=NNC(=O)COc1ccccc1C. The molecule has 4 nitrogen and oxygen atoms in total. The third kappa shape index (κ3) is 6.87. The highest BCUT2D eigenvalue weighted by Gasteiger charge is 2.03. The molecule has 4 heteroatoms. The van der Waals surface area contributed by atoms with E-state index < -0.39 is 0 Å². The molecule has 0 aliphatic carbocycles. The summed E-state index contributed by atoms with van der Waals surface area (Å²) >= 11 is 0. The van der Waals surface area contributed by atoms with Gasteiger partial charge in [-0.3, -0.25) is 4.79 Å². The molecule has 128 valence electrons. The van der Waals surface area contributed by atoms with E-state index in [4.69, 9.17) is 4.74 Å². The molecule has 0 aromatic heterocycles. The molecule has 25 heavy (non-hydrogen) atoms. The van der Waals surface area contributed by atoms with Crippen LogP contribution in [0.25, 0.3) is 6.08 Å². The molecule has 0 unspecified atom stereocenters. The first-order valence-corrected chi connectivity index (χ1v) is 8.06. The Hall–Kier alpha value is -3.14. The molecule has 0 bridgehead atoms. The van der Waals surface area contributed by atoms with Crippen molar-refractivity contribution in [1.82, 2.24) is 5.43 Å². The molecule has 0 fully saturated rings. The predicted octanol–water partition coefficient (Wildman–Crippen LogP) is 4.14. The Bertz CT molecular complexity index is 777. The lowest BCUT2D eigenvalue weighted by Crippen LogP contribution is -2.25. The second-order valence-corrected chi connectivity index (χ2v) is 5.47. The maximum atomic E-state index is 11.8. The van der Waals surface area contributed by atoms with Crippen LogP contribution in [0.15, 0.2) is 77.9 Å². The number of para-hydroxylation sites is 1. The molecular weight excluding hydrogens is 312 g/mol. The molecule has 0 aliphatic heterocycles. The van der Waals surface area contributed by atoms with Crippen molar-refractivity contribution in [3.05, 3.63) is 84.0 Å². The van der Waals surface area contributed by atoms with Crippen LogP contribution in [-0.4, -0.2) is 18.2 Å². The van der Waals surface area contributed by atoms with Crippen molar-refractivity contribution in [3.8, 4) is 5.75 Å². The van der Waals surface area contributed by atoms with Crippen molar-refractivity contribution in [1.29, 1.82) is 0 Å². The lowest BCUT2D eigenvalue weighted by atomic mass is 10.2. The summed E-state index contributed by atoms with van der Waals surface area (Å²) in [6, 6.07) is 17.6. The number of hydrogen-bond acceptors (Lipinski definition) is 3. The van der Waals surface area contributed by atoms with E-state index in [1.165, 1.54) is 0 Å². The van der Waals surface area contributed by atoms with Crippen LogP contribution in [0.3, 0.4) is 0 Å². The number of nitrogens with one attached hydrogen (secondary N) is 1. The number of nitrogens with zero attached hydrogens (tertiary/aromatic N) is 1. The highest BCUT2D eigenvalue weighted by atomic mass is 16.5. The summed E-state index contributed by atoms with van der Waals surface area (Å²) < 4.78 is 5.47. The maximum Gasteiger partial charge on any atom is 0.277 e. The van der Waals surface area contributed by atoms with E-state index in [1.807, 2.05) is 92.7 Å². The Morgan fingerprint density at radius 2 is 1.80 bits per heavy atom. The Kier molecular flexibility index (Phi) is 7.19. The van der Waals surface area contributed by atoms with Gasteiger partial charge in [0.25, 0.3) is 5.91 Å². The van der Waals surface area contributed by atoms with Gasteiger partial charge in [-0.25, -0.2) is 5.43 Å². The summed E-state index contributed by atoms with van der Waals surface area (Å²) in [6.07, 6.45) is 7.62. The summed E-state index contributed by atoms with van der Waals surface area (Å²) in [7, 11) is 0. The maximum absolute atomic E-state index is 11.8. The van der Waals surface area contributed by atoms with E-state index in [0.29, 0.717) is 11.5 Å². The third-order valence-corrected chi connectivity index (χ3v) is 3.35. The Morgan fingerprint density at radius 1 is 1.08 bits per heavy atom. The number of hydrazone groups is 1. The summed E-state index contributed by atoms with van der Waals surface area (Å²) in [5, 5.41) is 4.02. The highest BCUT2D eigenvalue weighted by Crippen LogP contribution is 2.15. The molecular formula is C21H22N2O2. The van der Waals surface area contributed by atoms with E-state index in [0.717, 1.165) is 11.1 Å². The van der Waals surface area contributed by atoms with Crippen LogP contribution >= 0.6 is 0 Å². The molecule has 0 saturated carbocycles. The normalized spacial score (nSPS) is 11.8. The van der Waals surface area contributed by atoms with Crippen LogP contribution in [-0.2, 0) is 4.79 Å². The van der Waals surface area contributed by atoms with Crippen molar-refractivity contribution in [2.24, 2.45) is 5.10 Å². The van der Waals surface area contributed by atoms with E-state index in [9.17, 15) is 4.79 Å². The van der Waals surface area contributed by atoms with E-state index >= 15 is 0 Å². The molecule has 1 amide bonds. The molecule has 0 heterocycles. The average Bonchev–Trinajstić information content (AvgIpc) is 2.64. The molecule has 0 saturated heterocycles. The van der Waals surface area contributed by atoms with Gasteiger partial charge < -0.3 is 4.74 Å². The lowest BCUT2D eigenvalue weighted by molar-refractivity contribution is -0.123. The smallest absolute Gasteiger partial charge is 0.277 e. The van der Waals surface area contributed by atoms with Gasteiger partial charge in [0.05, 0.1) is 5.71 Å². The first-order valence-electron chi connectivity index (χ1n) is 8.06. The molecule has 0 atom stereocenters. The quantitative estimate of drug-likeness (QED) is 0.470. The first-order chi connectivity index (χ1) is 12.1. The number of carbonyl (C=O) groups excluding carboxylic acids is 1. The third-order valence-electron chi connectivity index (χ3n) is 3.35. The molecule has 1 N–H and O–H groups in total. The zero-order valence-corrected chi connectivity index (χ0v) is 14.5. The molecule has 2 aromatic carbocycles. The van der Waals surface area contributed by atoms with Gasteiger partial charge >= 0.3 is 0 Å². The van der Waals surface area contributed by atoms with Crippen molar-refractivity contribution in [2.75, 3.05) is 6.61 Å². The monoisotopic (exact) mass is 334 g/mol. The second kappa shape index (κ2) is 9.88. The van der Waals surface area contributed by atoms with Crippen molar-refractivity contribution in [3.63, 3.8) is 0 Å². The Balaban J connectivity index is 1.76. The van der Waals surface area contributed by atoms with Crippen molar-refractivity contribution >= 4 is 17.7 Å². The average molecular weight is 334 g/mol. The van der Waals surface area contributed by atoms with Crippen LogP contribution < -0.4 is 10.2 Å². The minimum Gasteiger partial charge on any atom is -0.483 e. The standard InChI is InChI=1S/C21H22N2O2/c1-17-10-6-9-15-20(17)25-16-21(24)23-22-18(2)11-7-8-14-19-12-4-3-5-13-19/h3-15H,16H2,1-2H3,(H,23,24). The van der Waals surface area contributed by atoms with E-state index in [1.54, 1.807) is 0 Å². The largest absolute Gasteiger partial charge is 0.483 e. The molecule has 0 spiro atoms. The topological polar surface area (TPSA) is 50.7 Å². The summed E-state index contributed by atoms with van der Waals surface area (Å²) in [5.41, 5.74) is 5.29. The first kappa shape index (κ1) is 18.2. The van der Waals surface area contributed by atoms with Crippen LogP contribution in [0.5, 0.6) is 5.75 Å². The fraction of sp³-hybridized carbons (Fsp3) is 0.143. The van der Waals surface area contributed by atoms with Gasteiger partial charge in [0.1, 0.15) is 5.75 Å². The number of ether oxygens (including phenoxy) is 1. The zero-order valence-electron chi connectivity index (χ0n) is 14.5. The number of aryl methyl sites for hydroxylation is 1. The number of carbonyl (C=O) groups is 1. The van der Waals surface area contributed by atoms with Crippen molar-refractivity contribution in [2.45, 2.75) is 13.8 Å². The second-order valence-electron chi connectivity index (χ2n) is 5.47. The van der Waals surface area contributed by atoms with Gasteiger partial charge in [-0.2, -0.15) is 5.10 Å². The highest BCUT2D eigenvalue weighted by molar-refractivity contribution is 5.94. The number of rotatable bonds is 7. The lowest BCUT2D eigenvalue weighted by Gasteiger charge is -2.07. The van der Waals surface area contributed by atoms with E-state index in [-0.39, 0.29) is 12.5 Å². The van der Waals surface area contributed by atoms with Gasteiger partial charge in [0, 0.05) is 0 Å². The van der Waals surface area contributed by atoms with Gasteiger partial charge in [-0.15, -0.1) is 0 Å². The van der Waals surface area contributed by atoms with Crippen molar-refractivity contribution < 1.29 is 9.53 Å². The summed E-state index contributed by atoms with van der Waals surface area (Å²) in [6.45, 7) is 3.68. The fourth-order valence-corrected chi connectivity index (χ4v) is 2.01. The fourth-order valence-electron chi connectivity index (χ4n) is 2.01. The zero-order chi connectivity index (χ0) is 17.9. The van der Waals surface area contributed by atoms with Crippen LogP contribution in [0.4, 0.5) is 0 Å². The Morgan fingerprint density at radius 3 is 2.56 bits per heavy atom. The number of allylic oxidation sites excluding steroid dienone is 3. The molecule has 2 aromatic rings. The van der Waals surface area contributed by atoms with Gasteiger partial charge in [0.2, 0.25) is 0 Å². The van der Waals surface area contributed by atoms with Crippen LogP contribution in [0.1, 0.15) is 18.1 Å². The molecule has 0 radical (unpaired) electrons. The van der Waals surface area contributed by atoms with Gasteiger partial charge in [-0.05, 0) is 37.1 Å². The molecule has 0 aliphatic rings. The van der Waals surface area contributed by atoms with E-state index in [2.05, 4.69) is 10.5 Å². The summed E-state index contributed by atoms with van der Waals surface area (Å²) in [4.78, 5) is 11.8. The Labute approximate surface area is 148 Å². The molecule has 2 rings (SSSR count).